The molecule has 2 heterocycles. The fraction of sp³-hybridized carbons (Fsp3) is 0.700. The third-order valence-corrected chi connectivity index (χ3v) is 3.63. The molecule has 14 heavy (non-hydrogen) atoms. The van der Waals surface area contributed by atoms with Crippen LogP contribution < -0.4 is 10.6 Å². The van der Waals surface area contributed by atoms with Crippen LogP contribution in [0.4, 0.5) is 0 Å². The molecule has 0 bridgehead atoms. The second kappa shape index (κ2) is 4.87. The molecule has 0 radical (unpaired) electrons. The molecule has 1 aromatic rings. The molecular weight excluding hydrogens is 194 g/mol. The Morgan fingerprint density at radius 3 is 3.14 bits per heavy atom. The van der Waals surface area contributed by atoms with E-state index in [2.05, 4.69) is 22.5 Å². The largest absolute Gasteiger partial charge is 0.316 e. The molecule has 0 aliphatic carbocycles. The molecule has 4 heteroatoms. The highest BCUT2D eigenvalue weighted by atomic mass is 32.1. The van der Waals surface area contributed by atoms with E-state index in [9.17, 15) is 0 Å². The van der Waals surface area contributed by atoms with Crippen LogP contribution in [0.2, 0.25) is 0 Å². The highest BCUT2D eigenvalue weighted by Gasteiger charge is 2.16. The molecule has 1 aliphatic heterocycles. The van der Waals surface area contributed by atoms with Gasteiger partial charge in [0.2, 0.25) is 0 Å². The highest BCUT2D eigenvalue weighted by Crippen LogP contribution is 2.16. The molecule has 78 valence electrons. The molecule has 1 fully saturated rings. The van der Waals surface area contributed by atoms with Crippen molar-refractivity contribution in [1.82, 2.24) is 15.6 Å². The van der Waals surface area contributed by atoms with E-state index in [1.165, 1.54) is 18.1 Å². The van der Waals surface area contributed by atoms with Crippen LogP contribution in [0.15, 0.2) is 11.6 Å². The van der Waals surface area contributed by atoms with Gasteiger partial charge < -0.3 is 10.6 Å². The molecule has 1 saturated heterocycles. The van der Waals surface area contributed by atoms with Gasteiger partial charge in [0.25, 0.3) is 0 Å². The van der Waals surface area contributed by atoms with Crippen molar-refractivity contribution in [2.24, 2.45) is 5.92 Å². The van der Waals surface area contributed by atoms with Crippen molar-refractivity contribution in [3.05, 3.63) is 16.6 Å². The summed E-state index contributed by atoms with van der Waals surface area (Å²) in [5.74, 6) is 1.39. The normalized spacial score (nSPS) is 19.2. The van der Waals surface area contributed by atoms with E-state index in [-0.39, 0.29) is 0 Å². The summed E-state index contributed by atoms with van der Waals surface area (Å²) in [7, 11) is 0. The second-order valence-corrected chi connectivity index (χ2v) is 4.88. The van der Waals surface area contributed by atoms with E-state index in [1.54, 1.807) is 11.3 Å². The Morgan fingerprint density at radius 1 is 1.71 bits per heavy atom. The van der Waals surface area contributed by atoms with Gasteiger partial charge in [-0.25, -0.2) is 4.98 Å². The van der Waals surface area contributed by atoms with Gasteiger partial charge in [-0.1, -0.05) is 6.92 Å². The van der Waals surface area contributed by atoms with E-state index < -0.39 is 0 Å². The van der Waals surface area contributed by atoms with E-state index in [0.717, 1.165) is 19.0 Å². The van der Waals surface area contributed by atoms with Gasteiger partial charge in [0.1, 0.15) is 0 Å². The van der Waals surface area contributed by atoms with Crippen LogP contribution >= 0.6 is 11.3 Å². The van der Waals surface area contributed by atoms with E-state index in [0.29, 0.717) is 5.92 Å². The Bertz CT molecular complexity index is 256. The Balaban J connectivity index is 1.65. The first-order chi connectivity index (χ1) is 6.86. The zero-order valence-electron chi connectivity index (χ0n) is 8.49. The predicted molar refractivity (Wildman–Crippen MR) is 59.8 cm³/mol. The zero-order valence-corrected chi connectivity index (χ0v) is 9.31. The fourth-order valence-electron chi connectivity index (χ4n) is 1.56. The van der Waals surface area contributed by atoms with Crippen LogP contribution in [-0.2, 0) is 0 Å². The molecular formula is C10H17N3S. The van der Waals surface area contributed by atoms with Crippen molar-refractivity contribution in [1.29, 1.82) is 0 Å². The first kappa shape index (κ1) is 10.1. The van der Waals surface area contributed by atoms with Crippen molar-refractivity contribution in [3.8, 4) is 0 Å². The van der Waals surface area contributed by atoms with Gasteiger partial charge in [-0.05, 0) is 5.92 Å². The molecule has 1 aliphatic rings. The average Bonchev–Trinajstić information content (AvgIpc) is 2.61. The van der Waals surface area contributed by atoms with Crippen LogP contribution in [0.3, 0.4) is 0 Å². The molecule has 0 aromatic carbocycles. The van der Waals surface area contributed by atoms with Gasteiger partial charge >= 0.3 is 0 Å². The van der Waals surface area contributed by atoms with Crippen LogP contribution in [0.1, 0.15) is 17.8 Å². The van der Waals surface area contributed by atoms with Gasteiger partial charge in [0, 0.05) is 43.7 Å². The lowest BCUT2D eigenvalue weighted by Crippen LogP contribution is -2.47. The predicted octanol–water partition coefficient (Wildman–Crippen LogP) is 1.06. The lowest BCUT2D eigenvalue weighted by molar-refractivity contribution is 0.330. The van der Waals surface area contributed by atoms with Crippen LogP contribution in [0.25, 0.3) is 0 Å². The third-order valence-electron chi connectivity index (χ3n) is 2.62. The second-order valence-electron chi connectivity index (χ2n) is 3.95. The first-order valence-electron chi connectivity index (χ1n) is 5.17. The van der Waals surface area contributed by atoms with Crippen LogP contribution in [0, 0.1) is 5.92 Å². The van der Waals surface area contributed by atoms with Crippen molar-refractivity contribution in [2.75, 3.05) is 26.2 Å². The number of hydrogen-bond acceptors (Lipinski definition) is 4. The molecule has 1 atom stereocenters. The molecule has 2 rings (SSSR count). The van der Waals surface area contributed by atoms with Gasteiger partial charge in [-0.2, -0.15) is 0 Å². The lowest BCUT2D eigenvalue weighted by atomic mass is 10.0. The standard InChI is InChI=1S/C10H17N3S/c1-8(10-13-2-3-14-10)4-11-5-9-6-12-7-9/h2-3,8-9,11-12H,4-7H2,1H3. The first-order valence-corrected chi connectivity index (χ1v) is 6.05. The molecule has 1 unspecified atom stereocenters. The van der Waals surface area contributed by atoms with Crippen LogP contribution in [-0.4, -0.2) is 31.2 Å². The maximum Gasteiger partial charge on any atom is 0.0965 e. The Hall–Kier alpha value is -0.450. The number of thiazole rings is 1. The summed E-state index contributed by atoms with van der Waals surface area (Å²) in [5.41, 5.74) is 0. The molecule has 0 amide bonds. The Labute approximate surface area is 88.9 Å². The maximum atomic E-state index is 4.31. The summed E-state index contributed by atoms with van der Waals surface area (Å²) in [5, 5.41) is 10.1. The number of nitrogens with zero attached hydrogens (tertiary/aromatic N) is 1. The van der Waals surface area contributed by atoms with Crippen molar-refractivity contribution in [3.63, 3.8) is 0 Å². The average molecular weight is 211 g/mol. The van der Waals surface area contributed by atoms with Crippen molar-refractivity contribution in [2.45, 2.75) is 12.8 Å². The van der Waals surface area contributed by atoms with E-state index >= 15 is 0 Å². The smallest absolute Gasteiger partial charge is 0.0965 e. The molecule has 0 saturated carbocycles. The topological polar surface area (TPSA) is 37.0 Å². The lowest BCUT2D eigenvalue weighted by Gasteiger charge is -2.27. The summed E-state index contributed by atoms with van der Waals surface area (Å²) in [4.78, 5) is 4.31. The van der Waals surface area contributed by atoms with Crippen molar-refractivity contribution >= 4 is 11.3 Å². The quantitative estimate of drug-likeness (QED) is 0.764. The molecule has 1 aromatic heterocycles. The zero-order chi connectivity index (χ0) is 9.80. The van der Waals surface area contributed by atoms with Crippen molar-refractivity contribution < 1.29 is 0 Å². The minimum absolute atomic E-state index is 0.544. The summed E-state index contributed by atoms with van der Waals surface area (Å²) < 4.78 is 0. The summed E-state index contributed by atoms with van der Waals surface area (Å²) in [6, 6.07) is 0. The van der Waals surface area contributed by atoms with Gasteiger partial charge in [-0.3, -0.25) is 0 Å². The van der Waals surface area contributed by atoms with Gasteiger partial charge in [0.15, 0.2) is 0 Å². The number of rotatable bonds is 5. The Morgan fingerprint density at radius 2 is 2.57 bits per heavy atom. The molecule has 0 spiro atoms. The number of aromatic nitrogens is 1. The van der Waals surface area contributed by atoms with Crippen LogP contribution in [0.5, 0.6) is 0 Å². The minimum Gasteiger partial charge on any atom is -0.316 e. The number of hydrogen-bond donors (Lipinski definition) is 2. The minimum atomic E-state index is 0.544. The third kappa shape index (κ3) is 2.53. The SMILES string of the molecule is CC(CNCC1CNC1)c1nccs1. The van der Waals surface area contributed by atoms with Gasteiger partial charge in [0.05, 0.1) is 5.01 Å². The molecule has 2 N–H and O–H groups in total. The fourth-order valence-corrected chi connectivity index (χ4v) is 2.26. The Kier molecular flexibility index (Phi) is 3.50. The van der Waals surface area contributed by atoms with E-state index in [1.807, 2.05) is 11.6 Å². The summed E-state index contributed by atoms with van der Waals surface area (Å²) >= 11 is 1.75. The molecule has 3 nitrogen and oxygen atoms in total. The van der Waals surface area contributed by atoms with Gasteiger partial charge in [-0.15, -0.1) is 11.3 Å². The monoisotopic (exact) mass is 211 g/mol. The number of nitrogens with one attached hydrogen (secondary N) is 2. The highest BCUT2D eigenvalue weighted by molar-refractivity contribution is 7.09. The maximum absolute atomic E-state index is 4.31. The van der Waals surface area contributed by atoms with E-state index in [4.69, 9.17) is 0 Å². The summed E-state index contributed by atoms with van der Waals surface area (Å²) in [6.45, 7) is 6.77. The summed E-state index contributed by atoms with van der Waals surface area (Å²) in [6.07, 6.45) is 1.88.